The fraction of sp³-hybridized carbons (Fsp3) is 0.476. The maximum atomic E-state index is 5.42. The third-order valence-electron chi connectivity index (χ3n) is 4.37. The second-order valence-electron chi connectivity index (χ2n) is 6.94. The van der Waals surface area contributed by atoms with Gasteiger partial charge in [-0.3, -0.25) is 0 Å². The first-order chi connectivity index (χ1) is 13.4. The monoisotopic (exact) mass is 405 g/mol. The van der Waals surface area contributed by atoms with Crippen molar-refractivity contribution in [2.45, 2.75) is 32.7 Å². The molecule has 0 unspecified atom stereocenters. The van der Waals surface area contributed by atoms with E-state index in [-0.39, 0.29) is 5.41 Å². The Morgan fingerprint density at radius 3 is 2.25 bits per heavy atom. The number of hydrogen-bond acceptors (Lipinski definition) is 5. The molecule has 2 aromatic rings. The van der Waals surface area contributed by atoms with Crippen molar-refractivity contribution in [3.8, 4) is 17.2 Å². The van der Waals surface area contributed by atoms with Crippen LogP contribution in [0.15, 0.2) is 34.6 Å². The Labute approximate surface area is 171 Å². The van der Waals surface area contributed by atoms with Gasteiger partial charge in [-0.2, -0.15) is 0 Å². The highest BCUT2D eigenvalue weighted by Crippen LogP contribution is 2.38. The predicted octanol–water partition coefficient (Wildman–Crippen LogP) is 3.81. The summed E-state index contributed by atoms with van der Waals surface area (Å²) in [6.45, 7) is 8.59. The Hall–Kier alpha value is -2.41. The number of aliphatic imine (C=N–C) groups is 1. The van der Waals surface area contributed by atoms with Gasteiger partial charge in [0.15, 0.2) is 17.5 Å². The molecule has 2 rings (SSSR count). The summed E-state index contributed by atoms with van der Waals surface area (Å²) in [7, 11) is 4.83. The molecule has 0 spiro atoms. The number of benzene rings is 1. The second-order valence-corrected chi connectivity index (χ2v) is 7.89. The van der Waals surface area contributed by atoms with Crippen LogP contribution < -0.4 is 24.8 Å². The van der Waals surface area contributed by atoms with Gasteiger partial charge in [-0.15, -0.1) is 11.3 Å². The number of guanidine groups is 1. The molecule has 1 aromatic heterocycles. The number of hydrogen-bond donors (Lipinski definition) is 2. The molecule has 0 aliphatic heterocycles. The van der Waals surface area contributed by atoms with Gasteiger partial charge in [0, 0.05) is 23.4 Å². The predicted molar refractivity (Wildman–Crippen MR) is 116 cm³/mol. The lowest BCUT2D eigenvalue weighted by Crippen LogP contribution is -2.43. The zero-order valence-corrected chi connectivity index (χ0v) is 18.4. The second kappa shape index (κ2) is 10.2. The van der Waals surface area contributed by atoms with Gasteiger partial charge in [0.1, 0.15) is 0 Å². The van der Waals surface area contributed by atoms with Crippen molar-refractivity contribution in [1.29, 1.82) is 0 Å². The van der Waals surface area contributed by atoms with E-state index in [1.54, 1.807) is 32.7 Å². The Morgan fingerprint density at radius 2 is 1.75 bits per heavy atom. The minimum Gasteiger partial charge on any atom is -0.493 e. The van der Waals surface area contributed by atoms with E-state index >= 15 is 0 Å². The largest absolute Gasteiger partial charge is 0.493 e. The van der Waals surface area contributed by atoms with Crippen molar-refractivity contribution < 1.29 is 14.2 Å². The minimum atomic E-state index is 0.0247. The molecule has 0 amide bonds. The van der Waals surface area contributed by atoms with Crippen molar-refractivity contribution in [2.24, 2.45) is 4.99 Å². The molecule has 0 fully saturated rings. The van der Waals surface area contributed by atoms with Crippen LogP contribution in [0.5, 0.6) is 17.2 Å². The molecule has 0 aliphatic rings. The lowest BCUT2D eigenvalue weighted by molar-refractivity contribution is 0.324. The summed E-state index contributed by atoms with van der Waals surface area (Å²) < 4.78 is 16.2. The first-order valence-corrected chi connectivity index (χ1v) is 10.2. The summed E-state index contributed by atoms with van der Waals surface area (Å²) in [5.41, 5.74) is 1.00. The molecule has 0 saturated carbocycles. The quantitative estimate of drug-likeness (QED) is 0.491. The van der Waals surface area contributed by atoms with E-state index in [9.17, 15) is 0 Å². The fourth-order valence-electron chi connectivity index (χ4n) is 2.79. The summed E-state index contributed by atoms with van der Waals surface area (Å²) in [4.78, 5) is 6.07. The van der Waals surface area contributed by atoms with E-state index in [0.717, 1.165) is 24.6 Å². The van der Waals surface area contributed by atoms with Crippen molar-refractivity contribution >= 4 is 17.3 Å². The zero-order chi connectivity index (χ0) is 20.6. The molecule has 0 atom stereocenters. The van der Waals surface area contributed by atoms with Crippen LogP contribution in [0.25, 0.3) is 0 Å². The molecule has 0 radical (unpaired) electrons. The molecular formula is C21H31N3O3S. The lowest BCUT2D eigenvalue weighted by Gasteiger charge is -2.25. The Bertz CT molecular complexity index is 748. The number of nitrogens with zero attached hydrogens (tertiary/aromatic N) is 1. The average molecular weight is 406 g/mol. The smallest absolute Gasteiger partial charge is 0.203 e. The number of methoxy groups -OCH3 is 3. The molecule has 0 saturated heterocycles. The van der Waals surface area contributed by atoms with Gasteiger partial charge >= 0.3 is 0 Å². The van der Waals surface area contributed by atoms with Crippen molar-refractivity contribution in [3.05, 3.63) is 40.1 Å². The van der Waals surface area contributed by atoms with Gasteiger partial charge in [-0.25, -0.2) is 4.99 Å². The van der Waals surface area contributed by atoms with E-state index in [0.29, 0.717) is 23.8 Å². The molecule has 0 aliphatic carbocycles. The van der Waals surface area contributed by atoms with Crippen LogP contribution in [0.3, 0.4) is 0 Å². The minimum absolute atomic E-state index is 0.0247. The molecule has 1 aromatic carbocycles. The number of ether oxygens (including phenoxy) is 3. The molecule has 0 bridgehead atoms. The molecular weight excluding hydrogens is 374 g/mol. The highest BCUT2D eigenvalue weighted by molar-refractivity contribution is 7.10. The summed E-state index contributed by atoms with van der Waals surface area (Å²) in [5, 5.41) is 8.88. The maximum Gasteiger partial charge on any atom is 0.203 e. The summed E-state index contributed by atoms with van der Waals surface area (Å²) in [6.07, 6.45) is 0. The maximum absolute atomic E-state index is 5.42. The molecule has 2 N–H and O–H groups in total. The average Bonchev–Trinajstić information content (AvgIpc) is 3.25. The van der Waals surface area contributed by atoms with Crippen LogP contribution >= 0.6 is 11.3 Å². The van der Waals surface area contributed by atoms with Crippen molar-refractivity contribution in [3.63, 3.8) is 0 Å². The standard InChI is InChI=1S/C21H31N3O3S/c1-7-22-20(24-14-21(2,3)18-9-8-10-28-18)23-13-15-11-16(25-4)19(27-6)17(12-15)26-5/h8-12H,7,13-14H2,1-6H3,(H2,22,23,24). The Balaban J connectivity index is 2.14. The van der Waals surface area contributed by atoms with Gasteiger partial charge in [0.05, 0.1) is 27.9 Å². The summed E-state index contributed by atoms with van der Waals surface area (Å²) >= 11 is 1.78. The number of thiophene rings is 1. The van der Waals surface area contributed by atoms with Crippen molar-refractivity contribution in [1.82, 2.24) is 10.6 Å². The van der Waals surface area contributed by atoms with E-state index in [2.05, 4.69) is 48.9 Å². The molecule has 154 valence electrons. The molecule has 28 heavy (non-hydrogen) atoms. The van der Waals surface area contributed by atoms with Crippen LogP contribution in [-0.2, 0) is 12.0 Å². The van der Waals surface area contributed by atoms with Gasteiger partial charge in [0.2, 0.25) is 5.75 Å². The first kappa shape index (κ1) is 21.9. The van der Waals surface area contributed by atoms with Crippen LogP contribution in [0.1, 0.15) is 31.2 Å². The zero-order valence-electron chi connectivity index (χ0n) is 17.6. The van der Waals surface area contributed by atoms with Gasteiger partial charge in [0.25, 0.3) is 0 Å². The van der Waals surface area contributed by atoms with E-state index in [1.807, 2.05) is 12.1 Å². The molecule has 7 heteroatoms. The Kier molecular flexibility index (Phi) is 7.99. The topological polar surface area (TPSA) is 64.1 Å². The van der Waals surface area contributed by atoms with Gasteiger partial charge < -0.3 is 24.8 Å². The van der Waals surface area contributed by atoms with Crippen molar-refractivity contribution in [2.75, 3.05) is 34.4 Å². The Morgan fingerprint density at radius 1 is 1.07 bits per heavy atom. The first-order valence-electron chi connectivity index (χ1n) is 9.30. The van der Waals surface area contributed by atoms with E-state index < -0.39 is 0 Å². The van der Waals surface area contributed by atoms with Crippen LogP contribution in [0.2, 0.25) is 0 Å². The highest BCUT2D eigenvalue weighted by atomic mass is 32.1. The number of nitrogens with one attached hydrogen (secondary N) is 2. The molecule has 6 nitrogen and oxygen atoms in total. The van der Waals surface area contributed by atoms with E-state index in [1.165, 1.54) is 4.88 Å². The third-order valence-corrected chi connectivity index (χ3v) is 5.61. The lowest BCUT2D eigenvalue weighted by atomic mass is 9.91. The summed E-state index contributed by atoms with van der Waals surface area (Å²) in [6, 6.07) is 8.10. The SMILES string of the molecule is CCNC(=NCc1cc(OC)c(OC)c(OC)c1)NCC(C)(C)c1cccs1. The normalized spacial score (nSPS) is 11.9. The van der Waals surface area contributed by atoms with Crippen LogP contribution in [0, 0.1) is 0 Å². The summed E-state index contributed by atoms with van der Waals surface area (Å²) in [5.74, 6) is 2.62. The highest BCUT2D eigenvalue weighted by Gasteiger charge is 2.22. The van der Waals surface area contributed by atoms with Crippen LogP contribution in [-0.4, -0.2) is 40.4 Å². The van der Waals surface area contributed by atoms with Crippen LogP contribution in [0.4, 0.5) is 0 Å². The molecule has 1 heterocycles. The third kappa shape index (κ3) is 5.55. The van der Waals surface area contributed by atoms with Gasteiger partial charge in [-0.05, 0) is 36.1 Å². The fourth-order valence-corrected chi connectivity index (χ4v) is 3.65. The van der Waals surface area contributed by atoms with Gasteiger partial charge in [-0.1, -0.05) is 19.9 Å². The number of rotatable bonds is 9. The van der Waals surface area contributed by atoms with E-state index in [4.69, 9.17) is 19.2 Å².